The molecule has 0 radical (unpaired) electrons. The zero-order chi connectivity index (χ0) is 21.9. The van der Waals surface area contributed by atoms with Crippen molar-refractivity contribution in [2.45, 2.75) is 32.6 Å². The maximum atomic E-state index is 13.1. The fourth-order valence-corrected chi connectivity index (χ4v) is 3.82. The van der Waals surface area contributed by atoms with E-state index >= 15 is 0 Å². The summed E-state index contributed by atoms with van der Waals surface area (Å²) in [6.07, 6.45) is 6.01. The highest BCUT2D eigenvalue weighted by Gasteiger charge is 2.15. The number of alkyl halides is 1. The molecule has 1 aliphatic heterocycles. The van der Waals surface area contributed by atoms with E-state index in [1.54, 1.807) is 0 Å². The Labute approximate surface area is 185 Å². The molecule has 0 spiro atoms. The minimum absolute atomic E-state index is 0.0565. The van der Waals surface area contributed by atoms with Crippen LogP contribution in [-0.4, -0.2) is 51.3 Å². The molecular formula is C26H34FNO3. The van der Waals surface area contributed by atoms with Gasteiger partial charge < -0.3 is 19.5 Å². The first-order valence-corrected chi connectivity index (χ1v) is 11.3. The van der Waals surface area contributed by atoms with Crippen molar-refractivity contribution in [3.63, 3.8) is 0 Å². The summed E-state index contributed by atoms with van der Waals surface area (Å²) in [7, 11) is 0. The third-order valence-corrected chi connectivity index (χ3v) is 5.54. The maximum absolute atomic E-state index is 13.1. The monoisotopic (exact) mass is 427 g/mol. The zero-order valence-electron chi connectivity index (χ0n) is 18.5. The molecule has 0 fully saturated rings. The summed E-state index contributed by atoms with van der Waals surface area (Å²) in [6.45, 7) is 4.94. The zero-order valence-corrected chi connectivity index (χ0v) is 18.5. The molecule has 0 saturated heterocycles. The van der Waals surface area contributed by atoms with E-state index in [9.17, 15) is 9.50 Å². The van der Waals surface area contributed by atoms with Gasteiger partial charge in [0.15, 0.2) is 0 Å². The van der Waals surface area contributed by atoms with E-state index in [4.69, 9.17) is 9.47 Å². The lowest BCUT2D eigenvalue weighted by molar-refractivity contribution is 0.0981. The SMILES string of the molecule is CCCCOCCOc1ccc(-c2ccc3c(c2)/C=C(/CO)CCCN3CCF)cc1. The number of rotatable bonds is 11. The molecule has 1 N–H and O–H groups in total. The summed E-state index contributed by atoms with van der Waals surface area (Å²) < 4.78 is 24.4. The van der Waals surface area contributed by atoms with Gasteiger partial charge in [-0.2, -0.15) is 0 Å². The van der Waals surface area contributed by atoms with Gasteiger partial charge in [0.1, 0.15) is 19.0 Å². The lowest BCUT2D eigenvalue weighted by atomic mass is 9.97. The molecule has 1 aliphatic rings. The van der Waals surface area contributed by atoms with Gasteiger partial charge in [0.2, 0.25) is 0 Å². The van der Waals surface area contributed by atoms with Crippen molar-refractivity contribution in [1.29, 1.82) is 0 Å². The molecule has 0 saturated carbocycles. The lowest BCUT2D eigenvalue weighted by Gasteiger charge is -2.28. The number of halogens is 1. The minimum atomic E-state index is -0.372. The molecule has 5 heteroatoms. The van der Waals surface area contributed by atoms with E-state index in [1.165, 1.54) is 0 Å². The van der Waals surface area contributed by atoms with E-state index in [-0.39, 0.29) is 13.3 Å². The van der Waals surface area contributed by atoms with Gasteiger partial charge >= 0.3 is 0 Å². The molecule has 0 aromatic heterocycles. The van der Waals surface area contributed by atoms with Crippen LogP contribution in [0.15, 0.2) is 48.0 Å². The quantitative estimate of drug-likeness (QED) is 0.481. The van der Waals surface area contributed by atoms with Crippen molar-refractivity contribution < 1.29 is 19.0 Å². The number of nitrogens with zero attached hydrogens (tertiary/aromatic N) is 1. The van der Waals surface area contributed by atoms with Crippen LogP contribution in [0, 0.1) is 0 Å². The van der Waals surface area contributed by atoms with Crippen LogP contribution in [0.3, 0.4) is 0 Å². The van der Waals surface area contributed by atoms with Gasteiger partial charge in [-0.1, -0.05) is 37.6 Å². The Balaban J connectivity index is 1.72. The number of benzene rings is 2. The smallest absolute Gasteiger partial charge is 0.119 e. The molecule has 0 unspecified atom stereocenters. The largest absolute Gasteiger partial charge is 0.491 e. The van der Waals surface area contributed by atoms with E-state index in [1.807, 2.05) is 24.3 Å². The Hall–Kier alpha value is -2.37. The number of anilines is 1. The molecular weight excluding hydrogens is 393 g/mol. The first-order chi connectivity index (χ1) is 15.2. The third-order valence-electron chi connectivity index (χ3n) is 5.54. The summed E-state index contributed by atoms with van der Waals surface area (Å²) in [5, 5.41) is 9.69. The summed E-state index contributed by atoms with van der Waals surface area (Å²) in [5.41, 5.74) is 5.24. The van der Waals surface area contributed by atoms with Gasteiger partial charge in [-0.15, -0.1) is 0 Å². The van der Waals surface area contributed by atoms with Crippen LogP contribution >= 0.6 is 0 Å². The van der Waals surface area contributed by atoms with E-state index in [2.05, 4.69) is 36.1 Å². The summed E-state index contributed by atoms with van der Waals surface area (Å²) >= 11 is 0. The number of hydrogen-bond donors (Lipinski definition) is 1. The van der Waals surface area contributed by atoms with Gasteiger partial charge in [-0.05, 0) is 65.8 Å². The van der Waals surface area contributed by atoms with Crippen LogP contribution in [0.1, 0.15) is 38.2 Å². The average molecular weight is 428 g/mol. The van der Waals surface area contributed by atoms with Crippen LogP contribution in [0.25, 0.3) is 17.2 Å². The average Bonchev–Trinajstić information content (AvgIpc) is 2.79. The third kappa shape index (κ3) is 6.81. The topological polar surface area (TPSA) is 41.9 Å². The highest BCUT2D eigenvalue weighted by molar-refractivity contribution is 5.77. The van der Waals surface area contributed by atoms with Crippen molar-refractivity contribution in [2.24, 2.45) is 0 Å². The van der Waals surface area contributed by atoms with Crippen LogP contribution < -0.4 is 9.64 Å². The van der Waals surface area contributed by atoms with E-state index < -0.39 is 0 Å². The standard InChI is InChI=1S/C26H34FNO3/c1-2-3-15-30-16-17-31-25-9-6-22(7-10-25)23-8-11-26-24(19-23)18-21(20-29)5-4-13-28(26)14-12-27/h6-11,18-19,29H,2-5,12-17,20H2,1H3/b21-18+. The second kappa shape index (κ2) is 12.5. The summed E-state index contributed by atoms with van der Waals surface area (Å²) in [4.78, 5) is 2.10. The molecule has 0 atom stereocenters. The summed E-state index contributed by atoms with van der Waals surface area (Å²) in [5.74, 6) is 0.825. The number of unbranched alkanes of at least 4 members (excludes halogenated alkanes) is 1. The highest BCUT2D eigenvalue weighted by atomic mass is 19.1. The molecule has 4 nitrogen and oxygen atoms in total. The fourth-order valence-electron chi connectivity index (χ4n) is 3.82. The van der Waals surface area contributed by atoms with Crippen molar-refractivity contribution >= 4 is 11.8 Å². The van der Waals surface area contributed by atoms with Crippen molar-refractivity contribution in [1.82, 2.24) is 0 Å². The summed E-state index contributed by atoms with van der Waals surface area (Å²) in [6, 6.07) is 14.3. The maximum Gasteiger partial charge on any atom is 0.119 e. The van der Waals surface area contributed by atoms with Gasteiger partial charge in [0.05, 0.1) is 13.2 Å². The molecule has 2 aromatic carbocycles. The predicted molar refractivity (Wildman–Crippen MR) is 126 cm³/mol. The number of aliphatic hydroxyl groups is 1. The minimum Gasteiger partial charge on any atom is -0.491 e. The van der Waals surface area contributed by atoms with Gasteiger partial charge in [0, 0.05) is 25.4 Å². The van der Waals surface area contributed by atoms with Crippen LogP contribution in [0.2, 0.25) is 0 Å². The predicted octanol–water partition coefficient (Wildman–Crippen LogP) is 5.49. The molecule has 168 valence electrons. The molecule has 31 heavy (non-hydrogen) atoms. The van der Waals surface area contributed by atoms with Gasteiger partial charge in [-0.25, -0.2) is 4.39 Å². The number of ether oxygens (including phenoxy) is 2. The molecule has 2 aromatic rings. The molecule has 1 heterocycles. The second-order valence-corrected chi connectivity index (χ2v) is 7.85. The second-order valence-electron chi connectivity index (χ2n) is 7.85. The number of aliphatic hydroxyl groups excluding tert-OH is 1. The number of fused-ring (bicyclic) bond motifs is 1. The normalized spacial score (nSPS) is 15.6. The van der Waals surface area contributed by atoms with Gasteiger partial charge in [-0.3, -0.25) is 0 Å². The Morgan fingerprint density at radius 2 is 1.84 bits per heavy atom. The van der Waals surface area contributed by atoms with Gasteiger partial charge in [0.25, 0.3) is 0 Å². The first-order valence-electron chi connectivity index (χ1n) is 11.3. The first kappa shape index (κ1) is 23.3. The van der Waals surface area contributed by atoms with Crippen molar-refractivity contribution in [3.05, 3.63) is 53.6 Å². The van der Waals surface area contributed by atoms with Crippen LogP contribution in [0.4, 0.5) is 10.1 Å². The van der Waals surface area contributed by atoms with Crippen LogP contribution in [-0.2, 0) is 4.74 Å². The lowest BCUT2D eigenvalue weighted by Crippen LogP contribution is -2.28. The Morgan fingerprint density at radius 3 is 2.58 bits per heavy atom. The van der Waals surface area contributed by atoms with E-state index in [0.717, 1.165) is 72.5 Å². The molecule has 0 amide bonds. The highest BCUT2D eigenvalue weighted by Crippen LogP contribution is 2.32. The Kier molecular flexibility index (Phi) is 9.38. The van der Waals surface area contributed by atoms with Crippen molar-refractivity contribution in [3.8, 4) is 16.9 Å². The Bertz CT molecular complexity index is 835. The molecule has 3 rings (SSSR count). The fraction of sp³-hybridized carbons (Fsp3) is 0.462. The van der Waals surface area contributed by atoms with Crippen LogP contribution in [0.5, 0.6) is 5.75 Å². The van der Waals surface area contributed by atoms with E-state index in [0.29, 0.717) is 19.8 Å². The number of hydrogen-bond acceptors (Lipinski definition) is 4. The Morgan fingerprint density at radius 1 is 1.03 bits per heavy atom. The molecule has 0 bridgehead atoms. The molecule has 0 aliphatic carbocycles. The van der Waals surface area contributed by atoms with Crippen molar-refractivity contribution in [2.75, 3.05) is 51.1 Å².